The monoisotopic (exact) mass is 383 g/mol. The molecule has 1 aromatic rings. The van der Waals surface area contributed by atoms with Crippen LogP contribution in [0.15, 0.2) is 21.5 Å². The van der Waals surface area contributed by atoms with Gasteiger partial charge in [0.2, 0.25) is 10.0 Å². The summed E-state index contributed by atoms with van der Waals surface area (Å²) < 4.78 is 46.6. The second-order valence-electron chi connectivity index (χ2n) is 4.96. The molecule has 1 aromatic carbocycles. The fraction of sp³-hybridized carbons (Fsp3) is 0.538. The lowest BCUT2D eigenvalue weighted by Crippen LogP contribution is -2.41. The summed E-state index contributed by atoms with van der Waals surface area (Å²) >= 11 is 3.11. The first kappa shape index (κ1) is 18.5. The van der Waals surface area contributed by atoms with E-state index in [1.165, 1.54) is 19.2 Å². The summed E-state index contributed by atoms with van der Waals surface area (Å²) in [6.07, 6.45) is 0. The van der Waals surface area contributed by atoms with Crippen LogP contribution in [0.5, 0.6) is 0 Å². The minimum absolute atomic E-state index is 0.0211. The highest BCUT2D eigenvalue weighted by atomic mass is 79.9. The van der Waals surface area contributed by atoms with Gasteiger partial charge in [-0.1, -0.05) is 29.8 Å². The Morgan fingerprint density at radius 2 is 2.05 bits per heavy atom. The van der Waals surface area contributed by atoms with Gasteiger partial charge in [0, 0.05) is 23.2 Å². The van der Waals surface area contributed by atoms with Crippen LogP contribution in [-0.2, 0) is 21.4 Å². The van der Waals surface area contributed by atoms with Crippen molar-refractivity contribution >= 4 is 26.0 Å². The van der Waals surface area contributed by atoms with Gasteiger partial charge >= 0.3 is 0 Å². The van der Waals surface area contributed by atoms with Crippen LogP contribution in [0.25, 0.3) is 0 Å². The third kappa shape index (κ3) is 4.72. The molecule has 1 atom stereocenters. The van der Waals surface area contributed by atoms with Crippen LogP contribution in [-0.4, -0.2) is 33.3 Å². The van der Waals surface area contributed by atoms with Crippen molar-refractivity contribution in [2.45, 2.75) is 31.4 Å². The number of rotatable bonds is 7. The van der Waals surface area contributed by atoms with Gasteiger partial charge < -0.3 is 9.84 Å². The van der Waals surface area contributed by atoms with Crippen LogP contribution in [0.1, 0.15) is 19.4 Å². The molecule has 0 saturated heterocycles. The van der Waals surface area contributed by atoms with Crippen LogP contribution in [0.4, 0.5) is 4.39 Å². The van der Waals surface area contributed by atoms with E-state index in [1.54, 1.807) is 0 Å². The van der Waals surface area contributed by atoms with Gasteiger partial charge in [-0.3, -0.25) is 0 Å². The van der Waals surface area contributed by atoms with E-state index < -0.39 is 33.4 Å². The highest BCUT2D eigenvalue weighted by Gasteiger charge is 2.26. The molecule has 21 heavy (non-hydrogen) atoms. The van der Waals surface area contributed by atoms with Crippen molar-refractivity contribution in [3.05, 3.63) is 28.0 Å². The Hall–Kier alpha value is -0.540. The summed E-state index contributed by atoms with van der Waals surface area (Å²) in [7, 11) is -2.59. The number of hydrogen-bond donors (Lipinski definition) is 2. The molecule has 2 N–H and O–H groups in total. The first-order chi connectivity index (χ1) is 9.72. The van der Waals surface area contributed by atoms with Crippen molar-refractivity contribution in [2.24, 2.45) is 5.92 Å². The number of halogens is 2. The van der Waals surface area contributed by atoms with Crippen LogP contribution >= 0.6 is 15.9 Å². The molecule has 0 aliphatic carbocycles. The molecule has 0 saturated carbocycles. The van der Waals surface area contributed by atoms with Gasteiger partial charge in [0.25, 0.3) is 0 Å². The standard InChI is InChI=1S/C13H19BrFNO4S/c1-8(2)11(7-20-3)16-21(18,19)12-5-10(14)4-9(6-17)13(12)15/h4-5,8,11,16-17H,6-7H2,1-3H3. The molecule has 0 bridgehead atoms. The van der Waals surface area contributed by atoms with Gasteiger partial charge in [0.1, 0.15) is 10.7 Å². The Labute approximate surface area is 132 Å². The molecule has 1 rings (SSSR count). The molecular formula is C13H19BrFNO4S. The lowest BCUT2D eigenvalue weighted by Gasteiger charge is -2.22. The highest BCUT2D eigenvalue weighted by Crippen LogP contribution is 2.24. The van der Waals surface area contributed by atoms with E-state index in [9.17, 15) is 12.8 Å². The van der Waals surface area contributed by atoms with Crippen molar-refractivity contribution in [1.29, 1.82) is 0 Å². The predicted octanol–water partition coefficient (Wildman–Crippen LogP) is 2.03. The molecule has 0 aromatic heterocycles. The third-order valence-electron chi connectivity index (χ3n) is 3.00. The summed E-state index contributed by atoms with van der Waals surface area (Å²) in [5, 5.41) is 9.09. The number of sulfonamides is 1. The van der Waals surface area contributed by atoms with Crippen LogP contribution in [0.2, 0.25) is 0 Å². The Bertz CT molecular complexity index is 592. The van der Waals surface area contributed by atoms with E-state index in [1.807, 2.05) is 13.8 Å². The van der Waals surface area contributed by atoms with Gasteiger partial charge in [-0.15, -0.1) is 0 Å². The molecule has 0 heterocycles. The van der Waals surface area contributed by atoms with E-state index in [2.05, 4.69) is 20.7 Å². The quantitative estimate of drug-likeness (QED) is 0.755. The fourth-order valence-corrected chi connectivity index (χ4v) is 3.91. The van der Waals surface area contributed by atoms with Crippen LogP contribution in [0, 0.1) is 11.7 Å². The largest absolute Gasteiger partial charge is 0.392 e. The van der Waals surface area contributed by atoms with Gasteiger partial charge in [0.05, 0.1) is 13.2 Å². The van der Waals surface area contributed by atoms with Gasteiger partial charge in [-0.2, -0.15) is 0 Å². The maximum Gasteiger partial charge on any atom is 0.243 e. The minimum atomic E-state index is -4.06. The zero-order chi connectivity index (χ0) is 16.2. The van der Waals surface area contributed by atoms with Crippen molar-refractivity contribution in [2.75, 3.05) is 13.7 Å². The Balaban J connectivity index is 3.21. The van der Waals surface area contributed by atoms with Crippen LogP contribution in [0.3, 0.4) is 0 Å². The Kier molecular flexibility index (Phi) is 6.73. The molecular weight excluding hydrogens is 365 g/mol. The second-order valence-corrected chi connectivity index (χ2v) is 7.56. The SMILES string of the molecule is COCC(NS(=O)(=O)c1cc(Br)cc(CO)c1F)C(C)C. The average molecular weight is 384 g/mol. The van der Waals surface area contributed by atoms with Crippen molar-refractivity contribution < 1.29 is 22.7 Å². The van der Waals surface area contributed by atoms with Crippen molar-refractivity contribution in [3.8, 4) is 0 Å². The number of ether oxygens (including phenoxy) is 1. The van der Waals surface area contributed by atoms with E-state index in [0.717, 1.165) is 0 Å². The Morgan fingerprint density at radius 3 is 2.52 bits per heavy atom. The first-order valence-electron chi connectivity index (χ1n) is 6.33. The zero-order valence-electron chi connectivity index (χ0n) is 12.1. The van der Waals surface area contributed by atoms with Gasteiger partial charge in [-0.05, 0) is 18.1 Å². The van der Waals surface area contributed by atoms with E-state index in [4.69, 9.17) is 9.84 Å². The maximum absolute atomic E-state index is 14.2. The average Bonchev–Trinajstić information content (AvgIpc) is 2.40. The van der Waals surface area contributed by atoms with Crippen molar-refractivity contribution in [3.63, 3.8) is 0 Å². The summed E-state index contributed by atoms with van der Waals surface area (Å²) in [5.74, 6) is -0.972. The number of benzene rings is 1. The van der Waals surface area contributed by atoms with E-state index >= 15 is 0 Å². The second kappa shape index (κ2) is 7.64. The van der Waals surface area contributed by atoms with Crippen molar-refractivity contribution in [1.82, 2.24) is 4.72 Å². The van der Waals surface area contributed by atoms with E-state index in [-0.39, 0.29) is 18.1 Å². The van der Waals surface area contributed by atoms with Gasteiger partial charge in [-0.25, -0.2) is 17.5 Å². The number of aliphatic hydroxyl groups is 1. The maximum atomic E-state index is 14.2. The summed E-state index contributed by atoms with van der Waals surface area (Å²) in [4.78, 5) is -0.498. The Morgan fingerprint density at radius 1 is 1.43 bits per heavy atom. The molecule has 0 aliphatic rings. The summed E-state index contributed by atoms with van der Waals surface area (Å²) in [6, 6.07) is 2.03. The number of nitrogens with one attached hydrogen (secondary N) is 1. The molecule has 0 amide bonds. The van der Waals surface area contributed by atoms with Gasteiger partial charge in [0.15, 0.2) is 0 Å². The zero-order valence-corrected chi connectivity index (χ0v) is 14.5. The topological polar surface area (TPSA) is 75.6 Å². The molecule has 0 fully saturated rings. The molecule has 1 unspecified atom stereocenters. The number of methoxy groups -OCH3 is 1. The smallest absolute Gasteiger partial charge is 0.243 e. The summed E-state index contributed by atoms with van der Waals surface area (Å²) in [5.41, 5.74) is -0.0856. The molecule has 5 nitrogen and oxygen atoms in total. The lowest BCUT2D eigenvalue weighted by atomic mass is 10.1. The highest BCUT2D eigenvalue weighted by molar-refractivity contribution is 9.10. The summed E-state index contributed by atoms with van der Waals surface area (Å²) in [6.45, 7) is 3.27. The predicted molar refractivity (Wildman–Crippen MR) is 80.8 cm³/mol. The molecule has 0 aliphatic heterocycles. The molecule has 0 spiro atoms. The molecule has 8 heteroatoms. The van der Waals surface area contributed by atoms with E-state index in [0.29, 0.717) is 4.47 Å². The normalized spacial score (nSPS) is 13.7. The lowest BCUT2D eigenvalue weighted by molar-refractivity contribution is 0.157. The first-order valence-corrected chi connectivity index (χ1v) is 8.60. The minimum Gasteiger partial charge on any atom is -0.392 e. The molecule has 120 valence electrons. The van der Waals surface area contributed by atoms with Crippen LogP contribution < -0.4 is 4.72 Å². The number of hydrogen-bond acceptors (Lipinski definition) is 4. The fourth-order valence-electron chi connectivity index (χ4n) is 1.73. The number of aliphatic hydroxyl groups excluding tert-OH is 1. The third-order valence-corrected chi connectivity index (χ3v) is 4.94. The molecule has 0 radical (unpaired) electrons.